The summed E-state index contributed by atoms with van der Waals surface area (Å²) in [6, 6.07) is 14.8. The number of benzene rings is 2. The highest BCUT2D eigenvalue weighted by Gasteiger charge is 2.22. The average molecular weight is 341 g/mol. The maximum absolute atomic E-state index is 12.5. The first-order valence-corrected chi connectivity index (χ1v) is 8.29. The van der Waals surface area contributed by atoms with Crippen LogP contribution in [0.3, 0.4) is 0 Å². The van der Waals surface area contributed by atoms with Crippen molar-refractivity contribution in [1.29, 1.82) is 0 Å². The van der Waals surface area contributed by atoms with Crippen LogP contribution in [0.5, 0.6) is 5.75 Å². The number of aliphatic carboxylic acids is 1. The first-order valence-electron chi connectivity index (χ1n) is 8.29. The highest BCUT2D eigenvalue weighted by molar-refractivity contribution is 5.94. The molecule has 2 rings (SSSR count). The molecule has 0 saturated heterocycles. The van der Waals surface area contributed by atoms with Crippen LogP contribution in [-0.2, 0) is 16.0 Å². The number of hydrogen-bond acceptors (Lipinski definition) is 3. The molecular formula is C20H23NO4. The fourth-order valence-corrected chi connectivity index (χ4v) is 2.52. The summed E-state index contributed by atoms with van der Waals surface area (Å²) in [5, 5.41) is 11.9. The second kappa shape index (κ2) is 8.87. The number of hydrogen-bond donors (Lipinski definition) is 2. The molecule has 0 aliphatic rings. The van der Waals surface area contributed by atoms with Crippen LogP contribution >= 0.6 is 0 Å². The molecule has 0 aromatic heterocycles. The number of carbonyl (C=O) groups is 2. The minimum atomic E-state index is -0.987. The van der Waals surface area contributed by atoms with Crippen LogP contribution in [0, 0.1) is 12.8 Å². The molecule has 132 valence electrons. The third kappa shape index (κ3) is 5.95. The summed E-state index contributed by atoms with van der Waals surface area (Å²) in [6.07, 6.45) is 0.173. The maximum atomic E-state index is 12.5. The Morgan fingerprint density at radius 3 is 2.28 bits per heavy atom. The Morgan fingerprint density at radius 1 is 1.08 bits per heavy atom. The van der Waals surface area contributed by atoms with Crippen molar-refractivity contribution in [3.05, 3.63) is 59.7 Å². The van der Waals surface area contributed by atoms with Gasteiger partial charge >= 0.3 is 5.97 Å². The molecule has 0 heterocycles. The summed E-state index contributed by atoms with van der Waals surface area (Å²) in [7, 11) is 0. The largest absolute Gasteiger partial charge is 0.494 e. The van der Waals surface area contributed by atoms with E-state index >= 15 is 0 Å². The molecule has 1 atom stereocenters. The van der Waals surface area contributed by atoms with Gasteiger partial charge in [-0.05, 0) is 50.1 Å². The Morgan fingerprint density at radius 2 is 1.72 bits per heavy atom. The quantitative estimate of drug-likeness (QED) is 0.768. The summed E-state index contributed by atoms with van der Waals surface area (Å²) in [4.78, 5) is 23.7. The van der Waals surface area contributed by atoms with E-state index in [0.717, 1.165) is 16.9 Å². The lowest BCUT2D eigenvalue weighted by atomic mass is 9.94. The third-order valence-corrected chi connectivity index (χ3v) is 3.83. The van der Waals surface area contributed by atoms with Crippen molar-refractivity contribution in [2.75, 3.05) is 11.9 Å². The van der Waals surface area contributed by atoms with Crippen molar-refractivity contribution in [3.63, 3.8) is 0 Å². The number of ether oxygens (including phenoxy) is 1. The molecule has 0 bridgehead atoms. The lowest BCUT2D eigenvalue weighted by molar-refractivity contribution is -0.140. The Bertz CT molecular complexity index is 707. The van der Waals surface area contributed by atoms with Crippen molar-refractivity contribution in [2.45, 2.75) is 26.7 Å². The van der Waals surface area contributed by atoms with Crippen molar-refractivity contribution < 1.29 is 19.4 Å². The average Bonchev–Trinajstić information content (AvgIpc) is 2.58. The van der Waals surface area contributed by atoms with Gasteiger partial charge in [0.25, 0.3) is 0 Å². The van der Waals surface area contributed by atoms with Gasteiger partial charge in [-0.25, -0.2) is 0 Å². The predicted octanol–water partition coefficient (Wildman–Crippen LogP) is 3.67. The lowest BCUT2D eigenvalue weighted by Crippen LogP contribution is -2.27. The van der Waals surface area contributed by atoms with E-state index in [2.05, 4.69) is 5.32 Å². The number of carboxylic acids is 1. The van der Waals surface area contributed by atoms with E-state index in [1.807, 2.05) is 38.1 Å². The van der Waals surface area contributed by atoms with Gasteiger partial charge in [0.15, 0.2) is 0 Å². The molecule has 25 heavy (non-hydrogen) atoms. The zero-order valence-corrected chi connectivity index (χ0v) is 14.5. The number of anilines is 1. The summed E-state index contributed by atoms with van der Waals surface area (Å²) in [5.74, 6) is -1.19. The van der Waals surface area contributed by atoms with E-state index in [4.69, 9.17) is 9.84 Å². The predicted molar refractivity (Wildman–Crippen MR) is 96.9 cm³/mol. The molecule has 0 saturated carbocycles. The number of amides is 1. The zero-order valence-electron chi connectivity index (χ0n) is 14.5. The fourth-order valence-electron chi connectivity index (χ4n) is 2.52. The van der Waals surface area contributed by atoms with Gasteiger partial charge in [-0.3, -0.25) is 9.59 Å². The van der Waals surface area contributed by atoms with Gasteiger partial charge in [0, 0.05) is 5.69 Å². The number of aryl methyl sites for hydroxylation is 1. The Hall–Kier alpha value is -2.82. The van der Waals surface area contributed by atoms with E-state index in [9.17, 15) is 9.59 Å². The van der Waals surface area contributed by atoms with Gasteiger partial charge in [-0.15, -0.1) is 0 Å². The molecule has 5 heteroatoms. The maximum Gasteiger partial charge on any atom is 0.304 e. The lowest BCUT2D eigenvalue weighted by Gasteiger charge is -2.15. The smallest absolute Gasteiger partial charge is 0.304 e. The standard InChI is InChI=1S/C20H23NO4/c1-3-25-18-10-8-17(9-11-18)21-20(24)16(13-19(22)23)12-15-6-4-14(2)5-7-15/h4-11,16H,3,12-13H2,1-2H3,(H,21,24)(H,22,23)/t16-/m1/s1. The second-order valence-electron chi connectivity index (χ2n) is 5.93. The molecule has 0 aliphatic carbocycles. The van der Waals surface area contributed by atoms with Crippen LogP contribution in [0.2, 0.25) is 0 Å². The summed E-state index contributed by atoms with van der Waals surface area (Å²) in [6.45, 7) is 4.46. The monoisotopic (exact) mass is 341 g/mol. The molecule has 2 N–H and O–H groups in total. The minimum absolute atomic E-state index is 0.212. The number of carbonyl (C=O) groups excluding carboxylic acids is 1. The molecule has 2 aromatic carbocycles. The van der Waals surface area contributed by atoms with E-state index in [-0.39, 0.29) is 12.3 Å². The second-order valence-corrected chi connectivity index (χ2v) is 5.93. The SMILES string of the molecule is CCOc1ccc(NC(=O)[C@@H](CC(=O)O)Cc2ccc(C)cc2)cc1. The Kier molecular flexibility index (Phi) is 6.57. The van der Waals surface area contributed by atoms with E-state index < -0.39 is 11.9 Å². The van der Waals surface area contributed by atoms with Crippen molar-refractivity contribution in [3.8, 4) is 5.75 Å². The number of rotatable bonds is 8. The molecule has 5 nitrogen and oxygen atoms in total. The highest BCUT2D eigenvalue weighted by atomic mass is 16.5. The molecule has 1 amide bonds. The van der Waals surface area contributed by atoms with Gasteiger partial charge in [-0.1, -0.05) is 29.8 Å². The fraction of sp³-hybridized carbons (Fsp3) is 0.300. The molecule has 0 spiro atoms. The zero-order chi connectivity index (χ0) is 18.2. The van der Waals surface area contributed by atoms with E-state index in [1.54, 1.807) is 24.3 Å². The highest BCUT2D eigenvalue weighted by Crippen LogP contribution is 2.19. The number of nitrogens with one attached hydrogen (secondary N) is 1. The van der Waals surface area contributed by atoms with Gasteiger partial charge in [0.1, 0.15) is 5.75 Å². The normalized spacial score (nSPS) is 11.6. The van der Waals surface area contributed by atoms with Gasteiger partial charge in [0.05, 0.1) is 18.9 Å². The van der Waals surface area contributed by atoms with E-state index in [1.165, 1.54) is 0 Å². The molecular weight excluding hydrogens is 318 g/mol. The molecule has 0 fully saturated rings. The Balaban J connectivity index is 2.06. The van der Waals surface area contributed by atoms with Crippen LogP contribution in [0.1, 0.15) is 24.5 Å². The van der Waals surface area contributed by atoms with Crippen molar-refractivity contribution >= 4 is 17.6 Å². The summed E-state index contributed by atoms with van der Waals surface area (Å²) >= 11 is 0. The van der Waals surface area contributed by atoms with Crippen molar-refractivity contribution in [2.24, 2.45) is 5.92 Å². The molecule has 2 aromatic rings. The van der Waals surface area contributed by atoms with Crippen LogP contribution in [0.25, 0.3) is 0 Å². The van der Waals surface area contributed by atoms with Crippen molar-refractivity contribution in [1.82, 2.24) is 0 Å². The summed E-state index contributed by atoms with van der Waals surface area (Å²) < 4.78 is 5.36. The molecule has 0 unspecified atom stereocenters. The van der Waals surface area contributed by atoms with Crippen LogP contribution in [-0.4, -0.2) is 23.6 Å². The third-order valence-electron chi connectivity index (χ3n) is 3.83. The first-order chi connectivity index (χ1) is 12.0. The van der Waals surface area contributed by atoms with Crippen LogP contribution < -0.4 is 10.1 Å². The van der Waals surface area contributed by atoms with Crippen LogP contribution in [0.15, 0.2) is 48.5 Å². The van der Waals surface area contributed by atoms with Crippen LogP contribution in [0.4, 0.5) is 5.69 Å². The van der Waals surface area contributed by atoms with Gasteiger partial charge in [0.2, 0.25) is 5.91 Å². The minimum Gasteiger partial charge on any atom is -0.494 e. The molecule has 0 radical (unpaired) electrons. The summed E-state index contributed by atoms with van der Waals surface area (Å²) in [5.41, 5.74) is 2.68. The number of carboxylic acid groups (broad SMARTS) is 1. The first kappa shape index (κ1) is 18.5. The Labute approximate surface area is 147 Å². The van der Waals surface area contributed by atoms with Gasteiger partial charge < -0.3 is 15.2 Å². The van der Waals surface area contributed by atoms with E-state index in [0.29, 0.717) is 18.7 Å². The topological polar surface area (TPSA) is 75.6 Å². The molecule has 0 aliphatic heterocycles. The van der Waals surface area contributed by atoms with Gasteiger partial charge in [-0.2, -0.15) is 0 Å².